The van der Waals surface area contributed by atoms with Crippen LogP contribution in [-0.2, 0) is 21.1 Å². The highest BCUT2D eigenvalue weighted by molar-refractivity contribution is 8.13. The first-order valence-corrected chi connectivity index (χ1v) is 12.3. The molecule has 4 nitrogen and oxygen atoms in total. The van der Waals surface area contributed by atoms with E-state index in [1.54, 1.807) is 0 Å². The van der Waals surface area contributed by atoms with Crippen LogP contribution >= 0.6 is 35.9 Å². The zero-order valence-electron chi connectivity index (χ0n) is 18.1. The van der Waals surface area contributed by atoms with Gasteiger partial charge in [0.05, 0.1) is 0 Å². The maximum Gasteiger partial charge on any atom is 0.192 e. The topological polar surface area (TPSA) is 69.4 Å². The van der Waals surface area contributed by atoms with Crippen LogP contribution in [0.2, 0.25) is 0 Å². The Hall–Kier alpha value is -0.690. The summed E-state index contributed by atoms with van der Waals surface area (Å²) in [5.41, 5.74) is 7.68. The predicted molar refractivity (Wildman–Crippen MR) is 129 cm³/mol. The number of halogens is 1. The van der Waals surface area contributed by atoms with Gasteiger partial charge in [-0.2, -0.15) is 0 Å². The van der Waals surface area contributed by atoms with Crippen LogP contribution < -0.4 is 10.5 Å². The average molecular weight is 462 g/mol. The highest BCUT2D eigenvalue weighted by Crippen LogP contribution is 2.29. The lowest BCUT2D eigenvalue weighted by molar-refractivity contribution is -0.115. The Kier molecular flexibility index (Phi) is 15.7. The first-order valence-electron chi connectivity index (χ1n) is 10.3. The molecule has 0 aliphatic rings. The number of hydrogen-bond acceptors (Lipinski definition) is 6. The van der Waals surface area contributed by atoms with E-state index in [2.05, 4.69) is 27.7 Å². The lowest BCUT2D eigenvalue weighted by atomic mass is 10.1. The third-order valence-corrected chi connectivity index (χ3v) is 7.09. The molecule has 29 heavy (non-hydrogen) atoms. The van der Waals surface area contributed by atoms with Crippen molar-refractivity contribution in [3.05, 3.63) is 29.3 Å². The summed E-state index contributed by atoms with van der Waals surface area (Å²) in [6.07, 6.45) is 3.49. The Balaban J connectivity index is 0.00000784. The van der Waals surface area contributed by atoms with Gasteiger partial charge in [-0.1, -0.05) is 57.3 Å². The Labute approximate surface area is 190 Å². The van der Waals surface area contributed by atoms with Gasteiger partial charge in [-0.25, -0.2) is 0 Å². The molecule has 0 saturated carbocycles. The minimum absolute atomic E-state index is 0. The Bertz CT molecular complexity index is 620. The monoisotopic (exact) mass is 461 g/mol. The third kappa shape index (κ3) is 9.77. The van der Waals surface area contributed by atoms with E-state index in [4.69, 9.17) is 10.5 Å². The number of benzene rings is 1. The van der Waals surface area contributed by atoms with E-state index in [1.165, 1.54) is 23.5 Å². The fraction of sp³-hybridized carbons (Fsp3) is 0.636. The highest BCUT2D eigenvalue weighted by atomic mass is 35.5. The Morgan fingerprint density at radius 3 is 1.83 bits per heavy atom. The maximum absolute atomic E-state index is 12.4. The van der Waals surface area contributed by atoms with Crippen LogP contribution in [0.25, 0.3) is 0 Å². The number of ether oxygens (including phenoxy) is 1. The average Bonchev–Trinajstić information content (AvgIpc) is 2.71. The van der Waals surface area contributed by atoms with Crippen LogP contribution in [0.3, 0.4) is 0 Å². The molecule has 1 aromatic carbocycles. The second-order valence-corrected chi connectivity index (χ2v) is 8.77. The maximum atomic E-state index is 12.4. The molecule has 2 N–H and O–H groups in total. The molecule has 1 aromatic rings. The van der Waals surface area contributed by atoms with Gasteiger partial charge in [0.1, 0.15) is 12.4 Å². The summed E-state index contributed by atoms with van der Waals surface area (Å²) in [5, 5.41) is 0.491. The van der Waals surface area contributed by atoms with Crippen molar-refractivity contribution in [3.8, 4) is 5.75 Å². The number of nitrogens with two attached hydrogens (primary N) is 1. The van der Waals surface area contributed by atoms with Gasteiger partial charge in [0.15, 0.2) is 10.2 Å². The SMILES string of the molecule is CCC(CC)C(=O)SCc1ccc(OCCN)cc1CSC(=O)C(CC)CC.Cl. The number of carbonyl (C=O) groups excluding carboxylic acids is 2. The Morgan fingerprint density at radius 1 is 0.897 bits per heavy atom. The van der Waals surface area contributed by atoms with Crippen LogP contribution in [0.1, 0.15) is 64.5 Å². The van der Waals surface area contributed by atoms with E-state index in [0.717, 1.165) is 42.6 Å². The molecule has 0 unspecified atom stereocenters. The van der Waals surface area contributed by atoms with Crippen molar-refractivity contribution in [3.63, 3.8) is 0 Å². The van der Waals surface area contributed by atoms with Gasteiger partial charge in [0, 0.05) is 29.9 Å². The summed E-state index contributed by atoms with van der Waals surface area (Å²) >= 11 is 2.75. The third-order valence-electron chi connectivity index (χ3n) is 4.94. The smallest absolute Gasteiger partial charge is 0.192 e. The number of carbonyl (C=O) groups is 2. The van der Waals surface area contributed by atoms with E-state index < -0.39 is 0 Å². The molecule has 0 atom stereocenters. The summed E-state index contributed by atoms with van der Waals surface area (Å²) in [6, 6.07) is 5.92. The molecule has 0 fully saturated rings. The van der Waals surface area contributed by atoms with Crippen molar-refractivity contribution in [2.75, 3.05) is 13.2 Å². The van der Waals surface area contributed by atoms with Crippen LogP contribution in [-0.4, -0.2) is 23.4 Å². The van der Waals surface area contributed by atoms with Gasteiger partial charge in [-0.05, 0) is 48.9 Å². The molecule has 1 rings (SSSR count). The molecular formula is C22H36ClNO3S2. The van der Waals surface area contributed by atoms with Crippen LogP contribution in [0.5, 0.6) is 5.75 Å². The molecule has 0 heterocycles. The normalized spacial score (nSPS) is 10.9. The van der Waals surface area contributed by atoms with Crippen molar-refractivity contribution in [1.29, 1.82) is 0 Å². The molecule has 0 aliphatic heterocycles. The minimum atomic E-state index is 0. The molecule has 7 heteroatoms. The zero-order chi connectivity index (χ0) is 20.9. The minimum Gasteiger partial charge on any atom is -0.492 e. The molecule has 0 aliphatic carbocycles. The number of rotatable bonds is 13. The van der Waals surface area contributed by atoms with Crippen LogP contribution in [0.4, 0.5) is 0 Å². The van der Waals surface area contributed by atoms with E-state index >= 15 is 0 Å². The van der Waals surface area contributed by atoms with E-state index in [9.17, 15) is 9.59 Å². The molecule has 166 valence electrons. The van der Waals surface area contributed by atoms with Gasteiger partial charge in [0.25, 0.3) is 0 Å². The molecule has 0 saturated heterocycles. The van der Waals surface area contributed by atoms with Gasteiger partial charge in [0.2, 0.25) is 0 Å². The summed E-state index contributed by atoms with van der Waals surface area (Å²) in [5.74, 6) is 2.21. The van der Waals surface area contributed by atoms with E-state index in [0.29, 0.717) is 24.7 Å². The second kappa shape index (κ2) is 16.1. The molecule has 0 spiro atoms. The molecule has 0 bridgehead atoms. The lowest BCUT2D eigenvalue weighted by Gasteiger charge is -2.15. The lowest BCUT2D eigenvalue weighted by Crippen LogP contribution is -2.11. The summed E-state index contributed by atoms with van der Waals surface area (Å²) in [4.78, 5) is 24.8. The first-order chi connectivity index (χ1) is 13.5. The fourth-order valence-corrected chi connectivity index (χ4v) is 5.21. The number of thioether (sulfide) groups is 2. The molecular weight excluding hydrogens is 426 g/mol. The highest BCUT2D eigenvalue weighted by Gasteiger charge is 2.18. The second-order valence-electron chi connectivity index (χ2n) is 6.81. The van der Waals surface area contributed by atoms with Gasteiger partial charge < -0.3 is 10.5 Å². The quantitative estimate of drug-likeness (QED) is 0.398. The van der Waals surface area contributed by atoms with Crippen molar-refractivity contribution >= 4 is 46.2 Å². The largest absolute Gasteiger partial charge is 0.492 e. The van der Waals surface area contributed by atoms with Gasteiger partial charge in [-0.15, -0.1) is 12.4 Å². The van der Waals surface area contributed by atoms with Crippen molar-refractivity contribution < 1.29 is 14.3 Å². The fourth-order valence-electron chi connectivity index (χ4n) is 2.92. The molecule has 0 amide bonds. The molecule has 0 radical (unpaired) electrons. The van der Waals surface area contributed by atoms with E-state index in [-0.39, 0.29) is 34.5 Å². The number of hydrogen-bond donors (Lipinski definition) is 1. The van der Waals surface area contributed by atoms with Gasteiger partial charge in [-0.3, -0.25) is 9.59 Å². The summed E-state index contributed by atoms with van der Waals surface area (Å²) in [7, 11) is 0. The first kappa shape index (κ1) is 28.3. The summed E-state index contributed by atoms with van der Waals surface area (Å²) < 4.78 is 5.65. The van der Waals surface area contributed by atoms with Crippen LogP contribution in [0, 0.1) is 11.8 Å². The molecule has 0 aromatic heterocycles. The standard InChI is InChI=1S/C22H35NO3S2.ClH/c1-5-16(6-2)21(24)27-14-18-9-10-20(26-12-11-23)13-19(18)15-28-22(25)17(7-3)8-4;/h9-10,13,16-17H,5-8,11-12,14-15,23H2,1-4H3;1H. The van der Waals surface area contributed by atoms with Crippen LogP contribution in [0.15, 0.2) is 18.2 Å². The zero-order valence-corrected chi connectivity index (χ0v) is 20.5. The van der Waals surface area contributed by atoms with Gasteiger partial charge >= 0.3 is 0 Å². The van der Waals surface area contributed by atoms with Crippen molar-refractivity contribution in [2.45, 2.75) is 64.9 Å². The van der Waals surface area contributed by atoms with Crippen molar-refractivity contribution in [1.82, 2.24) is 0 Å². The summed E-state index contributed by atoms with van der Waals surface area (Å²) in [6.45, 7) is 9.14. The van der Waals surface area contributed by atoms with Crippen molar-refractivity contribution in [2.24, 2.45) is 17.6 Å². The predicted octanol–water partition coefficient (Wildman–Crippen LogP) is 5.84. The Morgan fingerprint density at radius 2 is 1.38 bits per heavy atom. The van der Waals surface area contributed by atoms with E-state index in [1.807, 2.05) is 18.2 Å².